The summed E-state index contributed by atoms with van der Waals surface area (Å²) in [5.74, 6) is 0.277. The van der Waals surface area contributed by atoms with Crippen LogP contribution in [0.3, 0.4) is 0 Å². The number of nitrogens with one attached hydrogen (secondary N) is 3. The number of carbonyl (C=O) groups is 1. The van der Waals surface area contributed by atoms with Crippen LogP contribution < -0.4 is 16.0 Å². The van der Waals surface area contributed by atoms with Gasteiger partial charge >= 0.3 is 6.03 Å². The summed E-state index contributed by atoms with van der Waals surface area (Å²) in [6.07, 6.45) is 33.0. The number of phenolic OH excluding ortho intramolecular Hbond substituents is 1. The van der Waals surface area contributed by atoms with Gasteiger partial charge in [-0.3, -0.25) is 0 Å². The summed E-state index contributed by atoms with van der Waals surface area (Å²) in [6.45, 7) is 5.15. The molecule has 6 nitrogen and oxygen atoms in total. The van der Waals surface area contributed by atoms with Crippen molar-refractivity contribution in [3.05, 3.63) is 24.3 Å². The van der Waals surface area contributed by atoms with Crippen LogP contribution in [0.2, 0.25) is 0 Å². The van der Waals surface area contributed by atoms with E-state index >= 15 is 0 Å². The molecule has 6 heteroatoms. The minimum Gasteiger partial charge on any atom is -0.508 e. The number of ether oxygens (including phenoxy) is 1. The lowest BCUT2D eigenvalue weighted by Crippen LogP contribution is -2.36. The number of benzene rings is 1. The lowest BCUT2D eigenvalue weighted by atomic mass is 10.0. The predicted molar refractivity (Wildman–Crippen MR) is 185 cm³/mol. The molecule has 0 saturated heterocycles. The molecule has 0 aliphatic carbocycles. The average Bonchev–Trinajstić information content (AvgIpc) is 3.01. The van der Waals surface area contributed by atoms with Gasteiger partial charge in [-0.1, -0.05) is 148 Å². The first-order valence-corrected chi connectivity index (χ1v) is 18.3. The number of phenols is 1. The summed E-state index contributed by atoms with van der Waals surface area (Å²) in [7, 11) is 0. The first-order valence-electron chi connectivity index (χ1n) is 18.3. The van der Waals surface area contributed by atoms with Crippen molar-refractivity contribution in [3.8, 4) is 5.75 Å². The summed E-state index contributed by atoms with van der Waals surface area (Å²) in [5.41, 5.74) is 0.956. The summed E-state index contributed by atoms with van der Waals surface area (Å²) in [6, 6.07) is 7.02. The third-order valence-corrected chi connectivity index (χ3v) is 8.31. The second kappa shape index (κ2) is 31.5. The normalized spacial score (nSPS) is 11.1. The third-order valence-electron chi connectivity index (χ3n) is 8.31. The molecule has 4 N–H and O–H groups in total. The lowest BCUT2D eigenvalue weighted by Gasteiger charge is -2.08. The van der Waals surface area contributed by atoms with Gasteiger partial charge in [0, 0.05) is 25.4 Å². The molecule has 1 rings (SSSR count). The molecule has 0 saturated carbocycles. The van der Waals surface area contributed by atoms with E-state index < -0.39 is 0 Å². The lowest BCUT2D eigenvalue weighted by molar-refractivity contribution is 0.147. The molecular weight excluding hydrogens is 534 g/mol. The molecule has 43 heavy (non-hydrogen) atoms. The highest BCUT2D eigenvalue weighted by molar-refractivity contribution is 5.73. The fourth-order valence-corrected chi connectivity index (χ4v) is 5.49. The molecule has 0 heterocycles. The van der Waals surface area contributed by atoms with E-state index in [1.54, 1.807) is 12.1 Å². The van der Waals surface area contributed by atoms with Crippen molar-refractivity contribution in [3.63, 3.8) is 0 Å². The summed E-state index contributed by atoms with van der Waals surface area (Å²) >= 11 is 0. The van der Waals surface area contributed by atoms with Crippen molar-refractivity contribution in [2.24, 2.45) is 0 Å². The van der Waals surface area contributed by atoms with Crippen LogP contribution in [0.15, 0.2) is 24.3 Å². The number of anilines is 1. The third kappa shape index (κ3) is 28.6. The Morgan fingerprint density at radius 3 is 1.35 bits per heavy atom. The van der Waals surface area contributed by atoms with Crippen molar-refractivity contribution in [1.29, 1.82) is 0 Å². The minimum atomic E-state index is 0.000994. The van der Waals surface area contributed by atoms with E-state index in [0.29, 0.717) is 6.73 Å². The van der Waals surface area contributed by atoms with Gasteiger partial charge in [-0.05, 0) is 43.5 Å². The molecule has 0 aromatic heterocycles. The maximum absolute atomic E-state index is 12.0. The van der Waals surface area contributed by atoms with Gasteiger partial charge in [0.1, 0.15) is 12.5 Å². The Bertz CT molecular complexity index is 714. The Morgan fingerprint density at radius 1 is 0.558 bits per heavy atom. The minimum absolute atomic E-state index is 0.000994. The quantitative estimate of drug-likeness (QED) is 0.0375. The van der Waals surface area contributed by atoms with Crippen LogP contribution in [0.1, 0.15) is 167 Å². The molecule has 0 atom stereocenters. The standard InChI is InChI=1S/C37H69N3O3/c1-2-3-4-5-6-7-8-9-10-11-12-13-15-18-21-24-31-38-37(42)39-32-25-22-19-16-14-17-20-23-26-33-43-34-40-35-27-29-36(41)30-28-35/h27-30,40-41H,2-26,31-34H2,1H3,(H2,38,39,42). The second-order valence-corrected chi connectivity index (χ2v) is 12.4. The van der Waals surface area contributed by atoms with Gasteiger partial charge in [0.2, 0.25) is 0 Å². The van der Waals surface area contributed by atoms with E-state index in [1.807, 2.05) is 12.1 Å². The van der Waals surface area contributed by atoms with Crippen LogP contribution >= 0.6 is 0 Å². The van der Waals surface area contributed by atoms with Gasteiger partial charge in [-0.25, -0.2) is 4.79 Å². The highest BCUT2D eigenvalue weighted by Crippen LogP contribution is 2.15. The molecule has 1 aromatic rings. The number of hydrogen-bond acceptors (Lipinski definition) is 4. The number of urea groups is 1. The zero-order valence-corrected chi connectivity index (χ0v) is 28.1. The topological polar surface area (TPSA) is 82.6 Å². The van der Waals surface area contributed by atoms with E-state index in [9.17, 15) is 9.90 Å². The highest BCUT2D eigenvalue weighted by Gasteiger charge is 2.00. The van der Waals surface area contributed by atoms with E-state index in [0.717, 1.165) is 44.6 Å². The monoisotopic (exact) mass is 604 g/mol. The Labute approximate surface area is 265 Å². The fraction of sp³-hybridized carbons (Fsp3) is 0.811. The van der Waals surface area contributed by atoms with E-state index in [1.165, 1.54) is 141 Å². The molecule has 2 amide bonds. The number of aromatic hydroxyl groups is 1. The van der Waals surface area contributed by atoms with E-state index in [4.69, 9.17) is 4.74 Å². The summed E-state index contributed by atoms with van der Waals surface area (Å²) < 4.78 is 5.63. The van der Waals surface area contributed by atoms with Gasteiger partial charge in [-0.2, -0.15) is 0 Å². The van der Waals surface area contributed by atoms with E-state index in [-0.39, 0.29) is 11.8 Å². The first-order chi connectivity index (χ1) is 21.2. The second-order valence-electron chi connectivity index (χ2n) is 12.4. The molecule has 0 unspecified atom stereocenters. The van der Waals surface area contributed by atoms with Crippen LogP contribution in [0.5, 0.6) is 5.75 Å². The largest absolute Gasteiger partial charge is 0.508 e. The first kappa shape index (κ1) is 39.1. The molecule has 0 bridgehead atoms. The van der Waals surface area contributed by atoms with Crippen LogP contribution in [0.4, 0.5) is 10.5 Å². The van der Waals surface area contributed by atoms with Crippen LogP contribution in [0, 0.1) is 0 Å². The summed E-state index contributed by atoms with van der Waals surface area (Å²) in [5, 5.41) is 18.5. The van der Waals surface area contributed by atoms with Gasteiger partial charge in [0.25, 0.3) is 0 Å². The van der Waals surface area contributed by atoms with Gasteiger partial charge in [-0.15, -0.1) is 0 Å². The molecule has 250 valence electrons. The number of unbranched alkanes of at least 4 members (excludes halogenated alkanes) is 23. The molecule has 0 radical (unpaired) electrons. The van der Waals surface area contributed by atoms with Gasteiger partial charge in [0.15, 0.2) is 0 Å². The smallest absolute Gasteiger partial charge is 0.314 e. The van der Waals surface area contributed by atoms with Gasteiger partial charge in [0.05, 0.1) is 0 Å². The Morgan fingerprint density at radius 2 is 0.930 bits per heavy atom. The van der Waals surface area contributed by atoms with Crippen molar-refractivity contribution in [2.75, 3.05) is 31.7 Å². The zero-order chi connectivity index (χ0) is 30.9. The van der Waals surface area contributed by atoms with Crippen molar-refractivity contribution < 1.29 is 14.6 Å². The maximum Gasteiger partial charge on any atom is 0.314 e. The van der Waals surface area contributed by atoms with Crippen LogP contribution in [-0.2, 0) is 4.74 Å². The zero-order valence-electron chi connectivity index (χ0n) is 28.1. The molecular formula is C37H69N3O3. The molecule has 0 aliphatic heterocycles. The van der Waals surface area contributed by atoms with Crippen LogP contribution in [0.25, 0.3) is 0 Å². The fourth-order valence-electron chi connectivity index (χ4n) is 5.49. The Balaban J connectivity index is 1.69. The van der Waals surface area contributed by atoms with Crippen LogP contribution in [-0.4, -0.2) is 37.6 Å². The predicted octanol–water partition coefficient (Wildman–Crippen LogP) is 10.8. The molecule has 0 fully saturated rings. The van der Waals surface area contributed by atoms with Gasteiger partial charge < -0.3 is 25.8 Å². The molecule has 1 aromatic carbocycles. The van der Waals surface area contributed by atoms with E-state index in [2.05, 4.69) is 22.9 Å². The van der Waals surface area contributed by atoms with Crippen molar-refractivity contribution in [1.82, 2.24) is 10.6 Å². The highest BCUT2D eigenvalue weighted by atomic mass is 16.5. The average molecular weight is 604 g/mol. The molecule has 0 aliphatic rings. The van der Waals surface area contributed by atoms with Crippen molar-refractivity contribution >= 4 is 11.7 Å². The Kier molecular flexibility index (Phi) is 28.6. The molecule has 0 spiro atoms. The number of amides is 2. The van der Waals surface area contributed by atoms with Crippen molar-refractivity contribution in [2.45, 2.75) is 167 Å². The maximum atomic E-state index is 12.0. The number of rotatable bonds is 32. The number of carbonyl (C=O) groups excluding carboxylic acids is 1. The number of hydrogen-bond donors (Lipinski definition) is 4. The Hall–Kier alpha value is -1.95. The SMILES string of the molecule is CCCCCCCCCCCCCCCCCCNC(=O)NCCCCCCCCCCCOCNc1ccc(O)cc1. The summed E-state index contributed by atoms with van der Waals surface area (Å²) in [4.78, 5) is 12.0.